The predicted molar refractivity (Wildman–Crippen MR) is 138 cm³/mol. The number of benzene rings is 2. The molecule has 7 nitrogen and oxygen atoms in total. The molecule has 1 fully saturated rings. The molecule has 3 aromatic rings. The van der Waals surface area contributed by atoms with Gasteiger partial charge in [-0.2, -0.15) is 0 Å². The van der Waals surface area contributed by atoms with Gasteiger partial charge in [-0.3, -0.25) is 9.59 Å². The number of ether oxygens (including phenoxy) is 1. The smallest absolute Gasteiger partial charge is 0.275 e. The molecular weight excluding hydrogens is 468 g/mol. The molecular formula is C25H26N4O3S2. The summed E-state index contributed by atoms with van der Waals surface area (Å²) in [5.74, 6) is 0.517. The maximum atomic E-state index is 13.1. The number of thiazole rings is 1. The molecule has 34 heavy (non-hydrogen) atoms. The summed E-state index contributed by atoms with van der Waals surface area (Å²) >= 11 is 6.79. The first kappa shape index (κ1) is 23.8. The summed E-state index contributed by atoms with van der Waals surface area (Å²) in [5, 5.41) is 8.92. The summed E-state index contributed by atoms with van der Waals surface area (Å²) in [6.45, 7) is 2.94. The van der Waals surface area contributed by atoms with Crippen LogP contribution in [0.15, 0.2) is 53.9 Å². The van der Waals surface area contributed by atoms with Crippen molar-refractivity contribution in [2.24, 2.45) is 0 Å². The lowest BCUT2D eigenvalue weighted by Crippen LogP contribution is -2.45. The first-order valence-corrected chi connectivity index (χ1v) is 12.3. The number of piperidine rings is 1. The van der Waals surface area contributed by atoms with E-state index in [1.54, 1.807) is 12.5 Å². The molecule has 9 heteroatoms. The monoisotopic (exact) mass is 494 g/mol. The van der Waals surface area contributed by atoms with Gasteiger partial charge in [0.15, 0.2) is 5.11 Å². The number of nitrogens with one attached hydrogen (secondary N) is 2. The van der Waals surface area contributed by atoms with Crippen LogP contribution in [0.3, 0.4) is 0 Å². The second-order valence-corrected chi connectivity index (χ2v) is 9.33. The van der Waals surface area contributed by atoms with Gasteiger partial charge in [-0.25, -0.2) is 4.98 Å². The maximum Gasteiger partial charge on any atom is 0.275 e. The van der Waals surface area contributed by atoms with Crippen LogP contribution < -0.4 is 15.4 Å². The van der Waals surface area contributed by atoms with Crippen molar-refractivity contribution in [1.29, 1.82) is 0 Å². The van der Waals surface area contributed by atoms with Gasteiger partial charge in [0.25, 0.3) is 5.91 Å². The van der Waals surface area contributed by atoms with E-state index in [0.717, 1.165) is 42.1 Å². The first-order valence-electron chi connectivity index (χ1n) is 11.0. The number of thiocarbonyl (C=S) groups is 1. The molecule has 0 atom stereocenters. The fourth-order valence-corrected chi connectivity index (χ4v) is 5.25. The zero-order valence-electron chi connectivity index (χ0n) is 19.0. The Labute approximate surface area is 208 Å². The van der Waals surface area contributed by atoms with Crippen molar-refractivity contribution in [3.05, 3.63) is 64.6 Å². The van der Waals surface area contributed by atoms with Gasteiger partial charge in [-0.05, 0) is 42.8 Å². The number of carbonyl (C=O) groups is 2. The van der Waals surface area contributed by atoms with Crippen molar-refractivity contribution >= 4 is 46.2 Å². The van der Waals surface area contributed by atoms with Crippen LogP contribution in [0.5, 0.6) is 5.75 Å². The highest BCUT2D eigenvalue weighted by atomic mass is 32.1. The van der Waals surface area contributed by atoms with E-state index in [1.807, 2.05) is 53.4 Å². The molecule has 2 heterocycles. The van der Waals surface area contributed by atoms with Crippen molar-refractivity contribution < 1.29 is 14.3 Å². The number of methoxy groups -OCH3 is 1. The third-order valence-electron chi connectivity index (χ3n) is 5.73. The third kappa shape index (κ3) is 5.60. The Balaban J connectivity index is 1.45. The predicted octanol–water partition coefficient (Wildman–Crippen LogP) is 4.67. The minimum atomic E-state index is -0.253. The molecule has 176 valence electrons. The fraction of sp³-hybridized carbons (Fsp3) is 0.280. The summed E-state index contributed by atoms with van der Waals surface area (Å²) in [4.78, 5) is 31.0. The van der Waals surface area contributed by atoms with Gasteiger partial charge in [-0.15, -0.1) is 11.3 Å². The van der Waals surface area contributed by atoms with Crippen LogP contribution in [-0.2, 0) is 4.79 Å². The number of rotatable bonds is 5. The van der Waals surface area contributed by atoms with E-state index in [9.17, 15) is 9.59 Å². The highest BCUT2D eigenvalue weighted by molar-refractivity contribution is 7.80. The van der Waals surface area contributed by atoms with E-state index in [4.69, 9.17) is 17.0 Å². The van der Waals surface area contributed by atoms with Crippen LogP contribution >= 0.6 is 23.6 Å². The topological polar surface area (TPSA) is 83.6 Å². The molecule has 1 aliphatic heterocycles. The molecule has 0 aliphatic carbocycles. The SMILES string of the molecule is COc1ccc(-c2ccccc2)c(NC(=O)c2csc(C3CCN(C(=S)NC(C)=O)CC3)n2)c1. The molecule has 0 bridgehead atoms. The van der Waals surface area contributed by atoms with Crippen LogP contribution in [0.2, 0.25) is 0 Å². The van der Waals surface area contributed by atoms with Crippen molar-refractivity contribution in [1.82, 2.24) is 15.2 Å². The van der Waals surface area contributed by atoms with Gasteiger partial charge in [0.2, 0.25) is 5.91 Å². The largest absolute Gasteiger partial charge is 0.497 e. The molecule has 4 rings (SSSR count). The number of nitrogens with zero attached hydrogens (tertiary/aromatic N) is 2. The molecule has 2 amide bonds. The highest BCUT2D eigenvalue weighted by Gasteiger charge is 2.25. The molecule has 1 aliphatic rings. The Kier molecular flexibility index (Phi) is 7.54. The Morgan fingerprint density at radius 2 is 1.88 bits per heavy atom. The summed E-state index contributed by atoms with van der Waals surface area (Å²) in [5.41, 5.74) is 2.99. The zero-order valence-corrected chi connectivity index (χ0v) is 20.7. The normalized spacial score (nSPS) is 13.9. The summed E-state index contributed by atoms with van der Waals surface area (Å²) in [6.07, 6.45) is 1.73. The highest BCUT2D eigenvalue weighted by Crippen LogP contribution is 2.33. The van der Waals surface area contributed by atoms with Crippen LogP contribution in [0.25, 0.3) is 11.1 Å². The van der Waals surface area contributed by atoms with Crippen molar-refractivity contribution in [3.63, 3.8) is 0 Å². The Morgan fingerprint density at radius 1 is 1.15 bits per heavy atom. The van der Waals surface area contributed by atoms with E-state index in [1.165, 1.54) is 18.3 Å². The lowest BCUT2D eigenvalue weighted by Gasteiger charge is -2.32. The average Bonchev–Trinajstić information content (AvgIpc) is 3.35. The minimum absolute atomic E-state index is 0.158. The van der Waals surface area contributed by atoms with E-state index >= 15 is 0 Å². The van der Waals surface area contributed by atoms with E-state index < -0.39 is 0 Å². The molecule has 0 spiro atoms. The second-order valence-electron chi connectivity index (χ2n) is 8.05. The van der Waals surface area contributed by atoms with Gasteiger partial charge in [-0.1, -0.05) is 30.3 Å². The number of aromatic nitrogens is 1. The number of carbonyl (C=O) groups excluding carboxylic acids is 2. The molecule has 1 aromatic heterocycles. The van der Waals surface area contributed by atoms with Gasteiger partial charge >= 0.3 is 0 Å². The first-order chi connectivity index (χ1) is 16.4. The number of anilines is 1. The summed E-state index contributed by atoms with van der Waals surface area (Å²) in [6, 6.07) is 15.5. The number of hydrogen-bond donors (Lipinski definition) is 2. The van der Waals surface area contributed by atoms with E-state index in [0.29, 0.717) is 22.2 Å². The number of amides is 2. The van der Waals surface area contributed by atoms with Crippen LogP contribution in [0.1, 0.15) is 41.2 Å². The van der Waals surface area contributed by atoms with Crippen LogP contribution in [0, 0.1) is 0 Å². The van der Waals surface area contributed by atoms with Gasteiger partial charge in [0, 0.05) is 42.9 Å². The second kappa shape index (κ2) is 10.8. The van der Waals surface area contributed by atoms with Crippen molar-refractivity contribution in [2.75, 3.05) is 25.5 Å². The molecule has 1 saturated heterocycles. The maximum absolute atomic E-state index is 13.1. The minimum Gasteiger partial charge on any atom is -0.497 e. The average molecular weight is 495 g/mol. The number of hydrogen-bond acceptors (Lipinski definition) is 6. The fourth-order valence-electron chi connectivity index (χ4n) is 3.95. The standard InChI is InChI=1S/C25H26N4O3S2/c1-16(30)26-25(33)29-12-10-18(11-13-29)24-28-22(15-34-24)23(31)27-21-14-19(32-2)8-9-20(21)17-6-4-3-5-7-17/h3-9,14-15,18H,10-13H2,1-2H3,(H,27,31)(H,26,30,33). The van der Waals surface area contributed by atoms with E-state index in [-0.39, 0.29) is 17.7 Å². The molecule has 2 N–H and O–H groups in total. The molecule has 0 saturated carbocycles. The van der Waals surface area contributed by atoms with Crippen LogP contribution in [0.4, 0.5) is 5.69 Å². The van der Waals surface area contributed by atoms with Crippen molar-refractivity contribution in [3.8, 4) is 16.9 Å². The van der Waals surface area contributed by atoms with Crippen molar-refractivity contribution in [2.45, 2.75) is 25.7 Å². The summed E-state index contributed by atoms with van der Waals surface area (Å²) < 4.78 is 5.36. The summed E-state index contributed by atoms with van der Waals surface area (Å²) in [7, 11) is 1.60. The lowest BCUT2D eigenvalue weighted by atomic mass is 9.98. The number of likely N-dealkylation sites (tertiary alicyclic amines) is 1. The van der Waals surface area contributed by atoms with Gasteiger partial charge < -0.3 is 20.3 Å². The van der Waals surface area contributed by atoms with Crippen LogP contribution in [-0.4, -0.2) is 47.0 Å². The lowest BCUT2D eigenvalue weighted by molar-refractivity contribution is -0.117. The molecule has 0 unspecified atom stereocenters. The quantitative estimate of drug-likeness (QED) is 0.502. The third-order valence-corrected chi connectivity index (χ3v) is 7.10. The Hall–Kier alpha value is -3.30. The van der Waals surface area contributed by atoms with E-state index in [2.05, 4.69) is 15.6 Å². The van der Waals surface area contributed by atoms with Gasteiger partial charge in [0.1, 0.15) is 11.4 Å². The Bertz CT molecular complexity index is 1190. The van der Waals surface area contributed by atoms with Gasteiger partial charge in [0.05, 0.1) is 17.8 Å². The molecule has 2 aromatic carbocycles. The molecule has 0 radical (unpaired) electrons. The zero-order chi connectivity index (χ0) is 24.1. The Morgan fingerprint density at radius 3 is 2.56 bits per heavy atom.